The summed E-state index contributed by atoms with van der Waals surface area (Å²) in [5, 5.41) is 16.5. The average Bonchev–Trinajstić information content (AvgIpc) is 3.43. The van der Waals surface area contributed by atoms with Crippen LogP contribution in [0.3, 0.4) is 0 Å². The second kappa shape index (κ2) is 12.7. The van der Waals surface area contributed by atoms with Gasteiger partial charge in [-0.15, -0.1) is 0 Å². The lowest BCUT2D eigenvalue weighted by molar-refractivity contribution is 0.0670. The minimum atomic E-state index is -0.0329. The van der Waals surface area contributed by atoms with Crippen molar-refractivity contribution in [3.63, 3.8) is 0 Å². The van der Waals surface area contributed by atoms with E-state index in [-0.39, 0.29) is 12.1 Å². The van der Waals surface area contributed by atoms with Gasteiger partial charge in [0.05, 0.1) is 11.8 Å². The SMILES string of the molecule is Cn1cc(-c2ccc(N(C(=O)NCC3CCOCC3)C3CCC(C=Nc4ccc(C#N)cn4)CC3)cc2)cn1. The summed E-state index contributed by atoms with van der Waals surface area (Å²) in [6.07, 6.45) is 13.0. The number of amides is 2. The number of urea groups is 1. The van der Waals surface area contributed by atoms with E-state index in [1.54, 1.807) is 23.0 Å². The number of carbonyl (C=O) groups excluding carboxylic acids is 1. The standard InChI is InChI=1S/C30H35N7O2/c1-36-21-26(20-35-36)25-5-9-28(10-6-25)37(30(38)34-18-23-12-14-39-15-13-23)27-7-2-22(3-8-27)17-32-29-11-4-24(16-31)19-33-29/h4-6,9-11,17,19-23,27H,2-3,7-8,12-15,18H2,1H3,(H,34,38). The van der Waals surface area contributed by atoms with E-state index in [9.17, 15) is 4.79 Å². The molecule has 5 rings (SSSR count). The largest absolute Gasteiger partial charge is 0.381 e. The minimum absolute atomic E-state index is 0.0329. The molecule has 9 heteroatoms. The molecular weight excluding hydrogens is 490 g/mol. The Hall–Kier alpha value is -4.03. The average molecular weight is 526 g/mol. The number of nitrogens with one attached hydrogen (secondary N) is 1. The molecule has 1 aromatic carbocycles. The number of hydrogen-bond acceptors (Lipinski definition) is 6. The fourth-order valence-electron chi connectivity index (χ4n) is 5.37. The predicted molar refractivity (Wildman–Crippen MR) is 151 cm³/mol. The third kappa shape index (κ3) is 6.89. The molecule has 2 aliphatic rings. The zero-order valence-electron chi connectivity index (χ0n) is 22.4. The number of aryl methyl sites for hydroxylation is 1. The Bertz CT molecular complexity index is 1300. The highest BCUT2D eigenvalue weighted by molar-refractivity contribution is 5.93. The van der Waals surface area contributed by atoms with Crippen molar-refractivity contribution < 1.29 is 9.53 Å². The van der Waals surface area contributed by atoms with Crippen LogP contribution in [-0.2, 0) is 11.8 Å². The van der Waals surface area contributed by atoms with Crippen molar-refractivity contribution >= 4 is 23.8 Å². The van der Waals surface area contributed by atoms with Gasteiger partial charge in [-0.3, -0.25) is 9.58 Å². The van der Waals surface area contributed by atoms with Crippen LogP contribution >= 0.6 is 0 Å². The quantitative estimate of drug-likeness (QED) is 0.424. The fraction of sp³-hybridized carbons (Fsp3) is 0.433. The smallest absolute Gasteiger partial charge is 0.322 e. The van der Waals surface area contributed by atoms with Crippen LogP contribution in [0.2, 0.25) is 0 Å². The van der Waals surface area contributed by atoms with Gasteiger partial charge in [0.1, 0.15) is 6.07 Å². The lowest BCUT2D eigenvalue weighted by Gasteiger charge is -2.36. The summed E-state index contributed by atoms with van der Waals surface area (Å²) < 4.78 is 7.27. The van der Waals surface area contributed by atoms with Crippen molar-refractivity contribution in [2.24, 2.45) is 23.9 Å². The van der Waals surface area contributed by atoms with Crippen LogP contribution in [0.5, 0.6) is 0 Å². The van der Waals surface area contributed by atoms with Gasteiger partial charge in [0.25, 0.3) is 0 Å². The lowest BCUT2D eigenvalue weighted by Crippen LogP contribution is -2.49. The Morgan fingerprint density at radius 1 is 1.10 bits per heavy atom. The van der Waals surface area contributed by atoms with Crippen molar-refractivity contribution in [1.29, 1.82) is 5.26 Å². The van der Waals surface area contributed by atoms with Gasteiger partial charge in [0.2, 0.25) is 0 Å². The van der Waals surface area contributed by atoms with Crippen molar-refractivity contribution in [2.45, 2.75) is 44.6 Å². The monoisotopic (exact) mass is 525 g/mol. The van der Waals surface area contributed by atoms with Gasteiger partial charge in [0, 0.05) is 62.7 Å². The van der Waals surface area contributed by atoms with Crippen LogP contribution in [0, 0.1) is 23.2 Å². The van der Waals surface area contributed by atoms with E-state index in [4.69, 9.17) is 10.00 Å². The molecule has 0 unspecified atom stereocenters. The zero-order chi connectivity index (χ0) is 27.0. The second-order valence-electron chi connectivity index (χ2n) is 10.4. The molecule has 0 bridgehead atoms. The van der Waals surface area contributed by atoms with Crippen LogP contribution < -0.4 is 10.2 Å². The molecule has 1 aliphatic heterocycles. The summed E-state index contributed by atoms with van der Waals surface area (Å²) in [6.45, 7) is 2.21. The van der Waals surface area contributed by atoms with E-state index in [2.05, 4.69) is 38.6 Å². The summed E-state index contributed by atoms with van der Waals surface area (Å²) in [4.78, 5) is 24.3. The van der Waals surface area contributed by atoms with E-state index in [1.165, 1.54) is 0 Å². The molecule has 3 heterocycles. The van der Waals surface area contributed by atoms with Gasteiger partial charge < -0.3 is 10.1 Å². The number of nitrogens with zero attached hydrogens (tertiary/aromatic N) is 6. The number of nitriles is 1. The number of rotatable bonds is 7. The highest BCUT2D eigenvalue weighted by Crippen LogP contribution is 2.32. The molecule has 2 amide bonds. The molecule has 0 spiro atoms. The summed E-state index contributed by atoms with van der Waals surface area (Å²) in [6, 6.07) is 13.9. The molecule has 9 nitrogen and oxygen atoms in total. The van der Waals surface area contributed by atoms with Crippen LogP contribution in [-0.4, -0.2) is 52.8 Å². The molecule has 0 atom stereocenters. The Kier molecular flexibility index (Phi) is 8.64. The topological polar surface area (TPSA) is 108 Å². The molecule has 202 valence electrons. The van der Waals surface area contributed by atoms with Crippen LogP contribution in [0.15, 0.2) is 60.0 Å². The molecule has 0 radical (unpaired) electrons. The van der Waals surface area contributed by atoms with E-state index in [0.29, 0.717) is 29.8 Å². The molecule has 3 aromatic rings. The highest BCUT2D eigenvalue weighted by atomic mass is 16.5. The van der Waals surface area contributed by atoms with E-state index >= 15 is 0 Å². The maximum atomic E-state index is 13.6. The van der Waals surface area contributed by atoms with Gasteiger partial charge in [-0.1, -0.05) is 12.1 Å². The Morgan fingerprint density at radius 3 is 2.51 bits per heavy atom. The van der Waals surface area contributed by atoms with Gasteiger partial charge >= 0.3 is 6.03 Å². The molecule has 1 saturated heterocycles. The number of aromatic nitrogens is 3. The first-order chi connectivity index (χ1) is 19.1. The van der Waals surface area contributed by atoms with Crippen molar-refractivity contribution in [3.05, 3.63) is 60.6 Å². The zero-order valence-corrected chi connectivity index (χ0v) is 22.4. The Balaban J connectivity index is 1.26. The summed E-state index contributed by atoms with van der Waals surface area (Å²) in [5.74, 6) is 1.40. The number of ether oxygens (including phenoxy) is 1. The van der Waals surface area contributed by atoms with E-state index < -0.39 is 0 Å². The maximum absolute atomic E-state index is 13.6. The number of pyridine rings is 1. The molecule has 2 fully saturated rings. The number of anilines is 1. The Morgan fingerprint density at radius 2 is 1.87 bits per heavy atom. The molecule has 1 aliphatic carbocycles. The first-order valence-electron chi connectivity index (χ1n) is 13.7. The van der Waals surface area contributed by atoms with Crippen LogP contribution in [0.4, 0.5) is 16.3 Å². The molecule has 39 heavy (non-hydrogen) atoms. The molecule has 2 aromatic heterocycles. The summed E-state index contributed by atoms with van der Waals surface area (Å²) >= 11 is 0. The minimum Gasteiger partial charge on any atom is -0.381 e. The molecular formula is C30H35N7O2. The maximum Gasteiger partial charge on any atom is 0.322 e. The first-order valence-corrected chi connectivity index (χ1v) is 13.7. The third-order valence-electron chi connectivity index (χ3n) is 7.69. The summed E-state index contributed by atoms with van der Waals surface area (Å²) in [7, 11) is 1.91. The first kappa shape index (κ1) is 26.6. The number of carbonyl (C=O) groups is 1. The van der Waals surface area contributed by atoms with Crippen molar-refractivity contribution in [3.8, 4) is 17.2 Å². The normalized spacial score (nSPS) is 20.0. The van der Waals surface area contributed by atoms with Gasteiger partial charge in [-0.2, -0.15) is 10.4 Å². The van der Waals surface area contributed by atoms with Gasteiger partial charge in [-0.05, 0) is 80.2 Å². The third-order valence-corrected chi connectivity index (χ3v) is 7.69. The summed E-state index contributed by atoms with van der Waals surface area (Å²) in [5.41, 5.74) is 3.56. The van der Waals surface area contributed by atoms with Crippen molar-refractivity contribution in [1.82, 2.24) is 20.1 Å². The van der Waals surface area contributed by atoms with Crippen LogP contribution in [0.1, 0.15) is 44.1 Å². The van der Waals surface area contributed by atoms with E-state index in [1.807, 2.05) is 42.7 Å². The highest BCUT2D eigenvalue weighted by Gasteiger charge is 2.30. The number of benzene rings is 1. The molecule has 1 N–H and O–H groups in total. The van der Waals surface area contributed by atoms with Crippen LogP contribution in [0.25, 0.3) is 11.1 Å². The Labute approximate surface area is 229 Å². The number of hydrogen-bond donors (Lipinski definition) is 1. The number of aliphatic imine (C=N–C) groups is 1. The van der Waals surface area contributed by atoms with Crippen molar-refractivity contribution in [2.75, 3.05) is 24.7 Å². The predicted octanol–water partition coefficient (Wildman–Crippen LogP) is 5.26. The second-order valence-corrected chi connectivity index (χ2v) is 10.4. The van der Waals surface area contributed by atoms with Gasteiger partial charge in [0.15, 0.2) is 5.82 Å². The van der Waals surface area contributed by atoms with E-state index in [0.717, 1.165) is 68.6 Å². The molecule has 1 saturated carbocycles. The fourth-order valence-corrected chi connectivity index (χ4v) is 5.37. The van der Waals surface area contributed by atoms with Gasteiger partial charge in [-0.25, -0.2) is 14.8 Å². The lowest BCUT2D eigenvalue weighted by atomic mass is 9.86.